The van der Waals surface area contributed by atoms with E-state index in [1.807, 2.05) is 0 Å². The number of hydrogen-bond donors (Lipinski definition) is 1. The van der Waals surface area contributed by atoms with Crippen LogP contribution in [-0.2, 0) is 12.6 Å². The van der Waals surface area contributed by atoms with Gasteiger partial charge in [0.05, 0.1) is 5.56 Å². The van der Waals surface area contributed by atoms with Crippen molar-refractivity contribution in [2.75, 3.05) is 6.54 Å². The summed E-state index contributed by atoms with van der Waals surface area (Å²) in [6.45, 7) is 0.0240. The van der Waals surface area contributed by atoms with Gasteiger partial charge in [-0.25, -0.2) is 0 Å². The van der Waals surface area contributed by atoms with Crippen LogP contribution >= 0.6 is 0 Å². The van der Waals surface area contributed by atoms with Gasteiger partial charge in [-0.3, -0.25) is 0 Å². The highest BCUT2D eigenvalue weighted by Gasteiger charge is 2.34. The van der Waals surface area contributed by atoms with Crippen molar-refractivity contribution in [1.29, 1.82) is 0 Å². The number of benzene rings is 2. The third-order valence-corrected chi connectivity index (χ3v) is 3.25. The van der Waals surface area contributed by atoms with Gasteiger partial charge in [-0.05, 0) is 36.2 Å². The van der Waals surface area contributed by atoms with Crippen LogP contribution in [-0.4, -0.2) is 12.9 Å². The Morgan fingerprint density at radius 3 is 2.17 bits per heavy atom. The summed E-state index contributed by atoms with van der Waals surface area (Å²) in [7, 11) is 0. The van der Waals surface area contributed by atoms with Gasteiger partial charge >= 0.3 is 12.5 Å². The highest BCUT2D eigenvalue weighted by atomic mass is 19.4. The van der Waals surface area contributed by atoms with Gasteiger partial charge in [0.1, 0.15) is 5.75 Å². The molecule has 0 amide bonds. The lowest BCUT2D eigenvalue weighted by Crippen LogP contribution is -2.17. The van der Waals surface area contributed by atoms with Crippen LogP contribution in [0.4, 0.5) is 26.3 Å². The van der Waals surface area contributed by atoms with Gasteiger partial charge in [0.25, 0.3) is 0 Å². The largest absolute Gasteiger partial charge is 0.573 e. The second-order valence-corrected chi connectivity index (χ2v) is 4.95. The second-order valence-electron chi connectivity index (χ2n) is 4.95. The molecule has 0 aliphatic rings. The minimum Gasteiger partial charge on any atom is -0.405 e. The first-order chi connectivity index (χ1) is 11.1. The molecule has 2 aromatic carbocycles. The Kier molecular flexibility index (Phi) is 5.08. The SMILES string of the molecule is NCCc1ccc(-c2ccccc2OC(F)(F)F)cc1C(F)(F)F. The summed E-state index contributed by atoms with van der Waals surface area (Å²) >= 11 is 0. The van der Waals surface area contributed by atoms with Crippen molar-refractivity contribution in [1.82, 2.24) is 0 Å². The molecule has 8 heteroatoms. The fourth-order valence-corrected chi connectivity index (χ4v) is 2.30. The quantitative estimate of drug-likeness (QED) is 0.807. The number of para-hydroxylation sites is 1. The van der Waals surface area contributed by atoms with Crippen LogP contribution in [0.25, 0.3) is 11.1 Å². The van der Waals surface area contributed by atoms with Crippen molar-refractivity contribution in [2.45, 2.75) is 19.0 Å². The Bertz CT molecular complexity index is 708. The zero-order valence-electron chi connectivity index (χ0n) is 12.2. The molecule has 2 aromatic rings. The van der Waals surface area contributed by atoms with Gasteiger partial charge in [0, 0.05) is 5.56 Å². The Labute approximate surface area is 133 Å². The summed E-state index contributed by atoms with van der Waals surface area (Å²) in [5.41, 5.74) is 4.26. The van der Waals surface area contributed by atoms with E-state index in [0.29, 0.717) is 0 Å². The molecule has 2 rings (SSSR count). The van der Waals surface area contributed by atoms with Crippen LogP contribution in [0.1, 0.15) is 11.1 Å². The van der Waals surface area contributed by atoms with Crippen LogP contribution in [0.5, 0.6) is 5.75 Å². The molecular weight excluding hydrogens is 336 g/mol. The first-order valence-electron chi connectivity index (χ1n) is 6.87. The molecule has 0 saturated heterocycles. The summed E-state index contributed by atoms with van der Waals surface area (Å²) in [5, 5.41) is 0. The van der Waals surface area contributed by atoms with E-state index in [1.165, 1.54) is 30.3 Å². The van der Waals surface area contributed by atoms with Crippen molar-refractivity contribution < 1.29 is 31.1 Å². The Morgan fingerprint density at radius 1 is 0.917 bits per heavy atom. The maximum atomic E-state index is 13.2. The van der Waals surface area contributed by atoms with Crippen molar-refractivity contribution in [3.05, 3.63) is 53.6 Å². The predicted molar refractivity (Wildman–Crippen MR) is 76.3 cm³/mol. The predicted octanol–water partition coefficient (Wildman–Crippen LogP) is 4.77. The van der Waals surface area contributed by atoms with Gasteiger partial charge in [0.15, 0.2) is 0 Å². The molecule has 0 radical (unpaired) electrons. The normalized spacial score (nSPS) is 12.3. The lowest BCUT2D eigenvalue weighted by atomic mass is 9.96. The maximum Gasteiger partial charge on any atom is 0.573 e. The van der Waals surface area contributed by atoms with Crippen LogP contribution < -0.4 is 10.5 Å². The monoisotopic (exact) mass is 349 g/mol. The molecule has 0 aromatic heterocycles. The molecule has 0 heterocycles. The molecule has 0 atom stereocenters. The number of halogens is 6. The van der Waals surface area contributed by atoms with Crippen LogP contribution in [0.15, 0.2) is 42.5 Å². The summed E-state index contributed by atoms with van der Waals surface area (Å²) in [6.07, 6.45) is -9.57. The number of alkyl halides is 6. The maximum absolute atomic E-state index is 13.2. The van der Waals surface area contributed by atoms with E-state index in [4.69, 9.17) is 5.73 Å². The minimum atomic E-state index is -4.94. The van der Waals surface area contributed by atoms with E-state index >= 15 is 0 Å². The highest BCUT2D eigenvalue weighted by Crippen LogP contribution is 2.38. The number of hydrogen-bond acceptors (Lipinski definition) is 2. The topological polar surface area (TPSA) is 35.2 Å². The third kappa shape index (κ3) is 4.41. The molecular formula is C16H13F6NO. The molecule has 0 aliphatic carbocycles. The molecule has 0 bridgehead atoms. The van der Waals surface area contributed by atoms with E-state index in [9.17, 15) is 26.3 Å². The average Bonchev–Trinajstić information content (AvgIpc) is 2.46. The highest BCUT2D eigenvalue weighted by molar-refractivity contribution is 5.71. The van der Waals surface area contributed by atoms with Crippen LogP contribution in [0.3, 0.4) is 0 Å². The van der Waals surface area contributed by atoms with Gasteiger partial charge in [-0.1, -0.05) is 30.3 Å². The van der Waals surface area contributed by atoms with Gasteiger partial charge in [-0.15, -0.1) is 13.2 Å². The molecule has 0 fully saturated rings. The standard InChI is InChI=1S/C16H13F6NO/c17-15(18,19)13-9-11(6-5-10(13)7-8-23)12-3-1-2-4-14(12)24-16(20,21)22/h1-6,9H,7-8,23H2. The smallest absolute Gasteiger partial charge is 0.405 e. The summed E-state index contributed by atoms with van der Waals surface area (Å²) in [5.74, 6) is -0.565. The van der Waals surface area contributed by atoms with E-state index < -0.39 is 23.9 Å². The fraction of sp³-hybridized carbons (Fsp3) is 0.250. The zero-order valence-corrected chi connectivity index (χ0v) is 12.2. The van der Waals surface area contributed by atoms with Crippen molar-refractivity contribution >= 4 is 0 Å². The number of nitrogens with two attached hydrogens (primary N) is 1. The third-order valence-electron chi connectivity index (χ3n) is 3.25. The molecule has 2 nitrogen and oxygen atoms in total. The molecule has 0 saturated carbocycles. The number of ether oxygens (including phenoxy) is 1. The molecule has 0 spiro atoms. The van der Waals surface area contributed by atoms with Crippen LogP contribution in [0.2, 0.25) is 0 Å². The van der Waals surface area contributed by atoms with Crippen molar-refractivity contribution in [3.63, 3.8) is 0 Å². The molecule has 0 unspecified atom stereocenters. The Balaban J connectivity index is 2.54. The molecule has 2 N–H and O–H groups in total. The van der Waals surface area contributed by atoms with E-state index in [1.54, 1.807) is 0 Å². The van der Waals surface area contributed by atoms with E-state index in [0.717, 1.165) is 12.1 Å². The zero-order chi connectivity index (χ0) is 18.0. The van der Waals surface area contributed by atoms with Crippen molar-refractivity contribution in [3.8, 4) is 16.9 Å². The lowest BCUT2D eigenvalue weighted by Gasteiger charge is -2.17. The van der Waals surface area contributed by atoms with Gasteiger partial charge < -0.3 is 10.5 Å². The lowest BCUT2D eigenvalue weighted by molar-refractivity contribution is -0.274. The van der Waals surface area contributed by atoms with Crippen LogP contribution in [0, 0.1) is 0 Å². The molecule has 0 aliphatic heterocycles. The summed E-state index contributed by atoms with van der Waals surface area (Å²) < 4.78 is 80.8. The summed E-state index contributed by atoms with van der Waals surface area (Å²) in [6, 6.07) is 8.37. The first-order valence-corrected chi connectivity index (χ1v) is 6.87. The van der Waals surface area contributed by atoms with Crippen molar-refractivity contribution in [2.24, 2.45) is 5.73 Å². The number of rotatable bonds is 4. The molecule has 24 heavy (non-hydrogen) atoms. The minimum absolute atomic E-state index is 0.00974. The summed E-state index contributed by atoms with van der Waals surface area (Å²) in [4.78, 5) is 0. The van der Waals surface area contributed by atoms with E-state index in [2.05, 4.69) is 4.74 Å². The van der Waals surface area contributed by atoms with E-state index in [-0.39, 0.29) is 29.7 Å². The first kappa shape index (κ1) is 18.1. The Hall–Kier alpha value is -2.22. The molecule has 130 valence electrons. The second kappa shape index (κ2) is 6.72. The van der Waals surface area contributed by atoms with Gasteiger partial charge in [-0.2, -0.15) is 13.2 Å². The Morgan fingerprint density at radius 2 is 1.58 bits per heavy atom. The van der Waals surface area contributed by atoms with Gasteiger partial charge in [0.2, 0.25) is 0 Å². The fourth-order valence-electron chi connectivity index (χ4n) is 2.30. The average molecular weight is 349 g/mol.